The van der Waals surface area contributed by atoms with E-state index in [1.807, 2.05) is 49.1 Å². The van der Waals surface area contributed by atoms with Crippen LogP contribution in [0.3, 0.4) is 0 Å². The van der Waals surface area contributed by atoms with Gasteiger partial charge in [-0.15, -0.1) is 0 Å². The summed E-state index contributed by atoms with van der Waals surface area (Å²) in [7, 11) is 1.54. The molecule has 2 saturated heterocycles. The molecule has 3 fully saturated rings. The normalized spacial score (nSPS) is 21.5. The molecule has 5 amide bonds. The molecule has 20 heteroatoms. The molecule has 1 aliphatic carbocycles. The van der Waals surface area contributed by atoms with Crippen LogP contribution in [0.2, 0.25) is 5.02 Å². The molecule has 0 bridgehead atoms. The third kappa shape index (κ3) is 9.72. The summed E-state index contributed by atoms with van der Waals surface area (Å²) in [4.78, 5) is 56.4. The number of nitrogens with two attached hydrogens (primary N) is 1. The fourth-order valence-electron chi connectivity index (χ4n) is 11.4. The van der Waals surface area contributed by atoms with Crippen LogP contribution >= 0.6 is 11.6 Å². The Labute approximate surface area is 424 Å². The quantitative estimate of drug-likeness (QED) is 0.0717. The molecule has 4 aromatic carbocycles. The highest BCUT2D eigenvalue weighted by Gasteiger charge is 2.50. The number of aryl methyl sites for hydroxylation is 1. The van der Waals surface area contributed by atoms with Gasteiger partial charge in [0.15, 0.2) is 28.8 Å². The lowest BCUT2D eigenvalue weighted by molar-refractivity contribution is -0.136. The minimum absolute atomic E-state index is 0.00184. The highest BCUT2D eigenvalue weighted by atomic mass is 35.5. The lowest BCUT2D eigenvalue weighted by Crippen LogP contribution is -2.49. The van der Waals surface area contributed by atoms with Crippen molar-refractivity contribution in [1.29, 1.82) is 0 Å². The molecule has 73 heavy (non-hydrogen) atoms. The molecular weight excluding hydrogens is 972 g/mol. The number of aromatic nitrogens is 2. The SMILES string of the molecule is CCN(CCN1CCC(c2c(F)cc3c(N4CCC(=O)NC4=O)nn(C)c3c2F)CC1)C(=O)C1CCC(NCC2(c3ccccc3)Oc3cc(F)c(Cl)c(-c4c(C(N)=O)ccc(OCCO)c4F)c3C2C)CC1. The van der Waals surface area contributed by atoms with Gasteiger partial charge in [-0.25, -0.2) is 22.4 Å². The molecule has 2 atom stereocenters. The van der Waals surface area contributed by atoms with E-state index in [1.165, 1.54) is 40.9 Å². The average molecular weight is 1030 g/mol. The van der Waals surface area contributed by atoms with Crippen LogP contribution in [-0.4, -0.2) is 114 Å². The number of benzene rings is 4. The number of primary amides is 1. The summed E-state index contributed by atoms with van der Waals surface area (Å²) in [5, 5.41) is 19.4. The second kappa shape index (κ2) is 21.3. The van der Waals surface area contributed by atoms with Crippen molar-refractivity contribution < 1.29 is 51.3 Å². The van der Waals surface area contributed by atoms with Gasteiger partial charge in [-0.05, 0) is 88.2 Å². The molecule has 2 unspecified atom stereocenters. The number of carbonyl (C=O) groups excluding carboxylic acids is 4. The van der Waals surface area contributed by atoms with Gasteiger partial charge in [0.25, 0.3) is 0 Å². The Morgan fingerprint density at radius 2 is 1.70 bits per heavy atom. The number of carbonyl (C=O) groups is 4. The first kappa shape index (κ1) is 51.6. The Balaban J connectivity index is 0.830. The van der Waals surface area contributed by atoms with Crippen molar-refractivity contribution in [3.05, 3.63) is 105 Å². The molecule has 1 aromatic heterocycles. The Morgan fingerprint density at radius 3 is 2.37 bits per heavy atom. The van der Waals surface area contributed by atoms with Gasteiger partial charge in [-0.3, -0.25) is 29.3 Å². The largest absolute Gasteiger partial charge is 0.488 e. The van der Waals surface area contributed by atoms with Gasteiger partial charge in [0.1, 0.15) is 29.5 Å². The molecule has 5 aromatic rings. The predicted octanol–water partition coefficient (Wildman–Crippen LogP) is 7.63. The number of amides is 5. The van der Waals surface area contributed by atoms with Gasteiger partial charge in [-0.2, -0.15) is 5.10 Å². The number of fused-ring (bicyclic) bond motifs is 2. The summed E-state index contributed by atoms with van der Waals surface area (Å²) >= 11 is 6.71. The summed E-state index contributed by atoms with van der Waals surface area (Å²) < 4.78 is 78.0. The van der Waals surface area contributed by atoms with E-state index < -0.39 is 64.3 Å². The minimum Gasteiger partial charge on any atom is -0.488 e. The number of nitrogens with zero attached hydrogens (tertiary/aromatic N) is 5. The second-order valence-corrected chi connectivity index (χ2v) is 19.8. The lowest BCUT2D eigenvalue weighted by Gasteiger charge is -2.38. The zero-order chi connectivity index (χ0) is 51.9. The van der Waals surface area contributed by atoms with E-state index in [0.29, 0.717) is 76.8 Å². The maximum atomic E-state index is 16.5. The summed E-state index contributed by atoms with van der Waals surface area (Å²) in [5.41, 5.74) is 5.17. The number of anilines is 1. The Bertz CT molecular complexity index is 2950. The molecule has 5 N–H and O–H groups in total. The van der Waals surface area contributed by atoms with Crippen LogP contribution in [0.4, 0.5) is 28.2 Å². The Morgan fingerprint density at radius 1 is 0.973 bits per heavy atom. The molecular formula is C53H59ClF4N8O7. The van der Waals surface area contributed by atoms with Gasteiger partial charge in [-0.1, -0.05) is 48.9 Å². The zero-order valence-corrected chi connectivity index (χ0v) is 41.7. The van der Waals surface area contributed by atoms with Crippen molar-refractivity contribution in [1.82, 2.24) is 30.2 Å². The number of hydrogen-bond acceptors (Lipinski definition) is 10. The smallest absolute Gasteiger partial charge is 0.329 e. The summed E-state index contributed by atoms with van der Waals surface area (Å²) in [5.74, 6) is -5.83. The van der Waals surface area contributed by atoms with Crippen molar-refractivity contribution in [3.8, 4) is 22.6 Å². The van der Waals surface area contributed by atoms with Crippen molar-refractivity contribution >= 4 is 52.1 Å². The summed E-state index contributed by atoms with van der Waals surface area (Å²) in [6, 6.07) is 13.6. The van der Waals surface area contributed by atoms with E-state index in [4.69, 9.17) is 26.8 Å². The number of likely N-dealkylation sites (tertiary alicyclic amines) is 1. The van der Waals surface area contributed by atoms with Gasteiger partial charge in [0.2, 0.25) is 17.7 Å². The van der Waals surface area contributed by atoms with E-state index in [1.54, 1.807) is 0 Å². The molecule has 388 valence electrons. The van der Waals surface area contributed by atoms with Crippen molar-refractivity contribution in [2.75, 3.05) is 63.9 Å². The first-order valence-corrected chi connectivity index (χ1v) is 25.3. The number of aliphatic hydroxyl groups is 1. The zero-order valence-electron chi connectivity index (χ0n) is 40.9. The monoisotopic (exact) mass is 1030 g/mol. The summed E-state index contributed by atoms with van der Waals surface area (Å²) in [6.07, 6.45) is 3.75. The fraction of sp³-hybridized carbons (Fsp3) is 0.453. The number of halogens is 5. The van der Waals surface area contributed by atoms with Crippen LogP contribution in [-0.2, 0) is 22.2 Å². The van der Waals surface area contributed by atoms with E-state index in [9.17, 15) is 24.3 Å². The number of hydrogen-bond donors (Lipinski definition) is 4. The number of aliphatic hydroxyl groups excluding tert-OH is 1. The number of ether oxygens (including phenoxy) is 2. The maximum absolute atomic E-state index is 16.5. The number of piperidine rings is 1. The molecule has 0 spiro atoms. The fourth-order valence-corrected chi connectivity index (χ4v) is 11.7. The molecule has 0 radical (unpaired) electrons. The van der Waals surface area contributed by atoms with Gasteiger partial charge >= 0.3 is 6.03 Å². The van der Waals surface area contributed by atoms with E-state index in [2.05, 4.69) is 20.6 Å². The predicted molar refractivity (Wildman–Crippen MR) is 266 cm³/mol. The van der Waals surface area contributed by atoms with Crippen molar-refractivity contribution in [2.45, 2.75) is 82.3 Å². The van der Waals surface area contributed by atoms with Crippen molar-refractivity contribution in [3.63, 3.8) is 0 Å². The van der Waals surface area contributed by atoms with E-state index >= 15 is 17.6 Å². The van der Waals surface area contributed by atoms with Crippen LogP contribution in [0.15, 0.2) is 54.6 Å². The molecule has 9 rings (SSSR count). The average Bonchev–Trinajstić information content (AvgIpc) is 3.86. The van der Waals surface area contributed by atoms with Gasteiger partial charge in [0, 0.05) is 92.4 Å². The van der Waals surface area contributed by atoms with Gasteiger partial charge < -0.3 is 35.4 Å². The maximum Gasteiger partial charge on any atom is 0.329 e. The number of nitrogens with one attached hydrogen (secondary N) is 2. The molecule has 3 aliphatic heterocycles. The molecule has 4 aliphatic rings. The molecule has 1 saturated carbocycles. The number of imide groups is 1. The van der Waals surface area contributed by atoms with Gasteiger partial charge in [0.05, 0.1) is 22.6 Å². The van der Waals surface area contributed by atoms with Crippen molar-refractivity contribution in [2.24, 2.45) is 18.7 Å². The molecule has 4 heterocycles. The number of rotatable bonds is 16. The Kier molecular flexibility index (Phi) is 15.1. The third-order valence-electron chi connectivity index (χ3n) is 15.3. The highest BCUT2D eigenvalue weighted by molar-refractivity contribution is 6.34. The first-order chi connectivity index (χ1) is 35.1. The molecule has 15 nitrogen and oxygen atoms in total. The standard InChI is InChI=1S/C53H59ClF4N8O7/c1-4-65(23-22-64-19-16-30(17-20-64)42-36(55)26-35-48(47(42)58)63(3)62-50(35)66-21-18-40(68)61-52(66)71)51(70)31-10-12-33(13-11-31)60-28-53(32-8-6-5-7-9-32)29(2)41-39(73-53)27-37(56)45(54)44(41)43-34(49(59)69)14-15-38(46(43)57)72-25-24-67/h5-9,14-15,26-27,29-31,33,60,67H,4,10-13,16-25,28H2,1-3H3,(H2,59,69)(H,61,68,71). The lowest BCUT2D eigenvalue weighted by atomic mass is 9.77. The Hall–Kier alpha value is -6.28. The van der Waals surface area contributed by atoms with Crippen LogP contribution in [0.1, 0.15) is 97.7 Å². The number of urea groups is 1. The van der Waals surface area contributed by atoms with E-state index in [0.717, 1.165) is 5.56 Å². The second-order valence-electron chi connectivity index (χ2n) is 19.4. The van der Waals surface area contributed by atoms with E-state index in [-0.39, 0.29) is 100 Å². The van der Waals surface area contributed by atoms with Crippen LogP contribution in [0, 0.1) is 29.2 Å². The first-order valence-electron chi connectivity index (χ1n) is 24.9. The van der Waals surface area contributed by atoms with Crippen LogP contribution in [0.5, 0.6) is 11.5 Å². The minimum atomic E-state index is -1.15. The third-order valence-corrected chi connectivity index (χ3v) is 15.7. The number of likely N-dealkylation sites (N-methyl/N-ethyl adjacent to an activating group) is 1. The highest BCUT2D eigenvalue weighted by Crippen LogP contribution is 2.56. The van der Waals surface area contributed by atoms with Crippen LogP contribution < -0.4 is 30.7 Å². The van der Waals surface area contributed by atoms with Crippen LogP contribution in [0.25, 0.3) is 22.0 Å². The topological polar surface area (TPSA) is 185 Å². The summed E-state index contributed by atoms with van der Waals surface area (Å²) in [6.45, 7) is 6.31.